The number of carbonyl (C=O) groups excluding carboxylic acids is 4. The molecule has 0 heterocycles. The summed E-state index contributed by atoms with van der Waals surface area (Å²) >= 11 is 0. The Morgan fingerprint density at radius 3 is 0.914 bits per heavy atom. The molecule has 0 saturated carbocycles. The van der Waals surface area contributed by atoms with Crippen molar-refractivity contribution in [3.05, 3.63) is 24.3 Å². The number of allylic oxidation sites excluding steroid dienone is 4. The van der Waals surface area contributed by atoms with Crippen LogP contribution in [0.25, 0.3) is 0 Å². The fourth-order valence-electron chi connectivity index (χ4n) is 10.8. The number of phosphoric ester groups is 2. The predicted molar refractivity (Wildman–Crippen MR) is 377 cm³/mol. The number of rotatable bonds is 72. The van der Waals surface area contributed by atoms with E-state index in [9.17, 15) is 43.2 Å². The molecule has 0 fully saturated rings. The smallest absolute Gasteiger partial charge is 0.462 e. The molecule has 0 aromatic heterocycles. The van der Waals surface area contributed by atoms with Gasteiger partial charge in [-0.15, -0.1) is 0 Å². The molecule has 0 aromatic carbocycles. The number of phosphoric acid groups is 2. The summed E-state index contributed by atoms with van der Waals surface area (Å²) in [4.78, 5) is 72.7. The lowest BCUT2D eigenvalue weighted by molar-refractivity contribution is -0.161. The predicted octanol–water partition coefficient (Wildman–Crippen LogP) is 21.2. The van der Waals surface area contributed by atoms with Gasteiger partial charge in [0.15, 0.2) is 12.2 Å². The standard InChI is InChI=1S/C74H140O17P2/c1-6-10-13-16-19-22-25-28-30-33-35-38-41-47-52-57-71(76)84-63-69(90-73(78)60-55-50-43-40-37-34-31-29-26-23-20-17-14-11-7-2)65-88-92(80,81)86-61-68(75)62-87-93(82,83)89-66-70(64-85-72(77)58-53-48-45-44-46-51-56-67(5)9-4)91-74(79)59-54-49-42-39-36-32-27-24-21-18-15-12-8-3/h23,26,29,31,67-70,75H,6-22,24-25,27-28,30,32-66H2,1-5H3,(H,80,81)(H,82,83)/b26-23-,31-29-/t67?,68-,69-,70-/m1/s1. The van der Waals surface area contributed by atoms with Crippen molar-refractivity contribution in [2.45, 2.75) is 380 Å². The zero-order valence-corrected chi connectivity index (χ0v) is 61.7. The van der Waals surface area contributed by atoms with E-state index < -0.39 is 97.5 Å². The van der Waals surface area contributed by atoms with Gasteiger partial charge in [0.1, 0.15) is 19.3 Å². The van der Waals surface area contributed by atoms with Crippen molar-refractivity contribution in [1.82, 2.24) is 0 Å². The van der Waals surface area contributed by atoms with Crippen LogP contribution in [0.1, 0.15) is 362 Å². The largest absolute Gasteiger partial charge is 0.472 e. The maximum Gasteiger partial charge on any atom is 0.472 e. The second-order valence-corrected chi connectivity index (χ2v) is 29.1. The highest BCUT2D eigenvalue weighted by Gasteiger charge is 2.30. The van der Waals surface area contributed by atoms with Crippen molar-refractivity contribution < 1.29 is 80.2 Å². The molecular formula is C74H140O17P2. The summed E-state index contributed by atoms with van der Waals surface area (Å²) in [6.07, 6.45) is 57.6. The average molecular weight is 1360 g/mol. The molecule has 548 valence electrons. The molecule has 0 aromatic rings. The molecule has 0 amide bonds. The summed E-state index contributed by atoms with van der Waals surface area (Å²) in [5, 5.41) is 10.6. The number of esters is 4. The van der Waals surface area contributed by atoms with E-state index in [1.807, 2.05) is 0 Å². The number of carbonyl (C=O) groups is 4. The van der Waals surface area contributed by atoms with Gasteiger partial charge in [-0.05, 0) is 57.3 Å². The van der Waals surface area contributed by atoms with Crippen molar-refractivity contribution in [2.75, 3.05) is 39.6 Å². The van der Waals surface area contributed by atoms with Crippen LogP contribution in [-0.4, -0.2) is 96.7 Å². The third kappa shape index (κ3) is 66.6. The second kappa shape index (κ2) is 66.8. The van der Waals surface area contributed by atoms with Gasteiger partial charge in [0.2, 0.25) is 0 Å². The minimum absolute atomic E-state index is 0.0856. The van der Waals surface area contributed by atoms with Gasteiger partial charge in [-0.1, -0.05) is 309 Å². The SMILES string of the molecule is CCCCCC/C=C\C=C/CCCCCCCC(=O)O[C@H](COC(=O)CCCCCCCCCCCCCCCCC)COP(=O)(O)OC[C@@H](O)COP(=O)(O)OC[C@@H](COC(=O)CCCCCCCCC(C)CC)OC(=O)CCCCCCCCCCCCCCC. The summed E-state index contributed by atoms with van der Waals surface area (Å²) in [6, 6.07) is 0. The highest BCUT2D eigenvalue weighted by Crippen LogP contribution is 2.45. The van der Waals surface area contributed by atoms with E-state index in [0.29, 0.717) is 25.7 Å². The lowest BCUT2D eigenvalue weighted by Gasteiger charge is -2.21. The maximum absolute atomic E-state index is 13.1. The van der Waals surface area contributed by atoms with Gasteiger partial charge < -0.3 is 33.8 Å². The van der Waals surface area contributed by atoms with Crippen LogP contribution < -0.4 is 0 Å². The van der Waals surface area contributed by atoms with Crippen LogP contribution in [0, 0.1) is 5.92 Å². The summed E-state index contributed by atoms with van der Waals surface area (Å²) in [5.74, 6) is -1.42. The minimum atomic E-state index is -4.96. The zero-order valence-electron chi connectivity index (χ0n) is 59.9. The first-order valence-corrected chi connectivity index (χ1v) is 41.0. The fourth-order valence-corrected chi connectivity index (χ4v) is 12.4. The molecule has 0 aliphatic heterocycles. The first-order valence-electron chi connectivity index (χ1n) is 38.0. The van der Waals surface area contributed by atoms with E-state index >= 15 is 0 Å². The van der Waals surface area contributed by atoms with Crippen molar-refractivity contribution in [3.63, 3.8) is 0 Å². The van der Waals surface area contributed by atoms with Crippen LogP contribution in [-0.2, 0) is 65.4 Å². The summed E-state index contributed by atoms with van der Waals surface area (Å²) < 4.78 is 68.4. The number of aliphatic hydroxyl groups is 1. The molecule has 17 nitrogen and oxygen atoms in total. The molecule has 6 atom stereocenters. The molecular weight excluding hydrogens is 1220 g/mol. The van der Waals surface area contributed by atoms with Crippen molar-refractivity contribution >= 4 is 39.5 Å². The third-order valence-electron chi connectivity index (χ3n) is 17.0. The number of hydrogen-bond donors (Lipinski definition) is 3. The number of aliphatic hydroxyl groups excluding tert-OH is 1. The van der Waals surface area contributed by atoms with Gasteiger partial charge in [-0.25, -0.2) is 9.13 Å². The molecule has 0 spiro atoms. The summed E-state index contributed by atoms with van der Waals surface area (Å²) in [7, 11) is -9.92. The normalized spacial score (nSPS) is 14.5. The number of hydrogen-bond acceptors (Lipinski definition) is 15. The molecule has 0 aliphatic rings. The van der Waals surface area contributed by atoms with Gasteiger partial charge in [0.25, 0.3) is 0 Å². The van der Waals surface area contributed by atoms with Crippen LogP contribution in [0.5, 0.6) is 0 Å². The van der Waals surface area contributed by atoms with Crippen molar-refractivity contribution in [1.29, 1.82) is 0 Å². The Bertz CT molecular complexity index is 1880. The molecule has 0 aliphatic carbocycles. The van der Waals surface area contributed by atoms with Crippen LogP contribution >= 0.6 is 15.6 Å². The van der Waals surface area contributed by atoms with Crippen molar-refractivity contribution in [2.24, 2.45) is 5.92 Å². The Kier molecular flexibility index (Phi) is 65.0. The monoisotopic (exact) mass is 1360 g/mol. The number of unbranched alkanes of at least 4 members (excludes halogenated alkanes) is 40. The first kappa shape index (κ1) is 90.5. The topological polar surface area (TPSA) is 237 Å². The molecule has 3 unspecified atom stereocenters. The molecule has 3 N–H and O–H groups in total. The van der Waals surface area contributed by atoms with Gasteiger partial charge in [-0.3, -0.25) is 37.3 Å². The van der Waals surface area contributed by atoms with Gasteiger partial charge in [0, 0.05) is 25.7 Å². The molecule has 0 rings (SSSR count). The molecule has 0 saturated heterocycles. The van der Waals surface area contributed by atoms with E-state index in [-0.39, 0.29) is 25.7 Å². The third-order valence-corrected chi connectivity index (χ3v) is 18.9. The minimum Gasteiger partial charge on any atom is -0.462 e. The Morgan fingerprint density at radius 2 is 0.602 bits per heavy atom. The maximum atomic E-state index is 13.1. The Labute approximate surface area is 567 Å². The lowest BCUT2D eigenvalue weighted by Crippen LogP contribution is -2.30. The van der Waals surface area contributed by atoms with E-state index in [0.717, 1.165) is 115 Å². The van der Waals surface area contributed by atoms with Gasteiger partial charge in [-0.2, -0.15) is 0 Å². The highest BCUT2D eigenvalue weighted by atomic mass is 31.2. The molecule has 19 heteroatoms. The quantitative estimate of drug-likeness (QED) is 0.0169. The van der Waals surface area contributed by atoms with Crippen LogP contribution in [0.4, 0.5) is 0 Å². The lowest BCUT2D eigenvalue weighted by atomic mass is 10.00. The van der Waals surface area contributed by atoms with Crippen LogP contribution in [0.2, 0.25) is 0 Å². The van der Waals surface area contributed by atoms with Gasteiger partial charge >= 0.3 is 39.5 Å². The van der Waals surface area contributed by atoms with E-state index in [4.69, 9.17) is 37.0 Å². The highest BCUT2D eigenvalue weighted by molar-refractivity contribution is 7.47. The van der Waals surface area contributed by atoms with E-state index in [1.54, 1.807) is 0 Å². The van der Waals surface area contributed by atoms with Crippen LogP contribution in [0.15, 0.2) is 24.3 Å². The van der Waals surface area contributed by atoms with E-state index in [2.05, 4.69) is 58.9 Å². The van der Waals surface area contributed by atoms with Crippen molar-refractivity contribution in [3.8, 4) is 0 Å². The molecule has 0 bridgehead atoms. The summed E-state index contributed by atoms with van der Waals surface area (Å²) in [6.45, 7) is 7.17. The van der Waals surface area contributed by atoms with E-state index in [1.165, 1.54) is 167 Å². The Hall–Kier alpha value is -2.46. The Balaban J connectivity index is 5.29. The van der Waals surface area contributed by atoms with Crippen LogP contribution in [0.3, 0.4) is 0 Å². The summed E-state index contributed by atoms with van der Waals surface area (Å²) in [5.41, 5.74) is 0. The Morgan fingerprint density at radius 1 is 0.344 bits per heavy atom. The molecule has 93 heavy (non-hydrogen) atoms. The second-order valence-electron chi connectivity index (χ2n) is 26.2. The average Bonchev–Trinajstić information content (AvgIpc) is 2.46. The first-order chi connectivity index (χ1) is 45.1. The molecule has 0 radical (unpaired) electrons. The fraction of sp³-hybridized carbons (Fsp3) is 0.892. The number of ether oxygens (including phenoxy) is 4. The zero-order chi connectivity index (χ0) is 68.4. The van der Waals surface area contributed by atoms with Gasteiger partial charge in [0.05, 0.1) is 26.4 Å².